The highest BCUT2D eigenvalue weighted by molar-refractivity contribution is 14.0. The highest BCUT2D eigenvalue weighted by Crippen LogP contribution is 2.25. The monoisotopic (exact) mass is 526 g/mol. The minimum atomic E-state index is 0. The lowest BCUT2D eigenvalue weighted by Gasteiger charge is -2.33. The molecule has 2 aromatic rings. The predicted octanol–water partition coefficient (Wildman–Crippen LogP) is 3.67. The van der Waals surface area contributed by atoms with Crippen molar-refractivity contribution >= 4 is 41.3 Å². The van der Waals surface area contributed by atoms with Gasteiger partial charge < -0.3 is 15.4 Å². The van der Waals surface area contributed by atoms with Gasteiger partial charge in [0.05, 0.1) is 6.61 Å². The molecule has 7 heteroatoms. The molecule has 0 amide bonds. The molecule has 158 valence electrons. The third-order valence-electron chi connectivity index (χ3n) is 5.60. The molecule has 1 fully saturated rings. The minimum Gasteiger partial charge on any atom is -0.493 e. The van der Waals surface area contributed by atoms with Gasteiger partial charge in [0.1, 0.15) is 5.75 Å². The maximum absolute atomic E-state index is 5.59. The first-order valence-corrected chi connectivity index (χ1v) is 11.2. The van der Waals surface area contributed by atoms with Gasteiger partial charge >= 0.3 is 0 Å². The van der Waals surface area contributed by atoms with Crippen LogP contribution in [0.4, 0.5) is 0 Å². The summed E-state index contributed by atoms with van der Waals surface area (Å²) >= 11 is 1.78. The molecule has 0 saturated carbocycles. The van der Waals surface area contributed by atoms with Gasteiger partial charge in [0.15, 0.2) is 5.96 Å². The molecular formula is C22H31IN4OS. The van der Waals surface area contributed by atoms with Crippen molar-refractivity contribution in [3.8, 4) is 5.75 Å². The molecule has 0 bridgehead atoms. The van der Waals surface area contributed by atoms with Crippen LogP contribution in [0.1, 0.15) is 29.5 Å². The van der Waals surface area contributed by atoms with E-state index in [9.17, 15) is 0 Å². The molecule has 0 aliphatic carbocycles. The van der Waals surface area contributed by atoms with Crippen molar-refractivity contribution in [1.29, 1.82) is 0 Å². The largest absolute Gasteiger partial charge is 0.493 e. The Morgan fingerprint density at radius 1 is 1.24 bits per heavy atom. The molecule has 2 aliphatic heterocycles. The van der Waals surface area contributed by atoms with Crippen LogP contribution in [-0.4, -0.2) is 50.2 Å². The number of halogens is 1. The Labute approximate surface area is 195 Å². The second-order valence-corrected chi connectivity index (χ2v) is 8.40. The van der Waals surface area contributed by atoms with Gasteiger partial charge in [0, 0.05) is 45.7 Å². The van der Waals surface area contributed by atoms with E-state index >= 15 is 0 Å². The zero-order valence-corrected chi connectivity index (χ0v) is 20.2. The summed E-state index contributed by atoms with van der Waals surface area (Å²) < 4.78 is 5.59. The van der Waals surface area contributed by atoms with Gasteiger partial charge in [0.2, 0.25) is 0 Å². The fourth-order valence-electron chi connectivity index (χ4n) is 3.98. The van der Waals surface area contributed by atoms with Crippen molar-refractivity contribution < 1.29 is 4.74 Å². The molecule has 0 spiro atoms. The van der Waals surface area contributed by atoms with Crippen LogP contribution in [0.5, 0.6) is 5.75 Å². The summed E-state index contributed by atoms with van der Waals surface area (Å²) in [7, 11) is 1.85. The molecule has 29 heavy (non-hydrogen) atoms. The smallest absolute Gasteiger partial charge is 0.191 e. The Hall–Kier alpha value is -1.32. The normalized spacial score (nSPS) is 17.3. The van der Waals surface area contributed by atoms with E-state index in [1.54, 1.807) is 11.3 Å². The molecule has 5 nitrogen and oxygen atoms in total. The van der Waals surface area contributed by atoms with E-state index in [1.165, 1.54) is 16.7 Å². The first-order valence-electron chi connectivity index (χ1n) is 10.3. The van der Waals surface area contributed by atoms with Crippen LogP contribution in [0.2, 0.25) is 0 Å². The lowest BCUT2D eigenvalue weighted by molar-refractivity contribution is 0.198. The third kappa shape index (κ3) is 6.33. The van der Waals surface area contributed by atoms with Gasteiger partial charge in [-0.05, 0) is 58.8 Å². The molecule has 2 N–H and O–H groups in total. The maximum Gasteiger partial charge on any atom is 0.191 e. The second-order valence-electron chi connectivity index (χ2n) is 7.62. The first kappa shape index (κ1) is 22.4. The van der Waals surface area contributed by atoms with Crippen molar-refractivity contribution in [2.45, 2.75) is 38.3 Å². The zero-order chi connectivity index (χ0) is 19.2. The van der Waals surface area contributed by atoms with Crippen LogP contribution in [0, 0.1) is 0 Å². The summed E-state index contributed by atoms with van der Waals surface area (Å²) in [4.78, 5) is 6.96. The van der Waals surface area contributed by atoms with E-state index in [0.717, 1.165) is 70.2 Å². The summed E-state index contributed by atoms with van der Waals surface area (Å²) in [6.45, 7) is 5.06. The van der Waals surface area contributed by atoms with E-state index in [2.05, 4.69) is 55.6 Å². The van der Waals surface area contributed by atoms with Gasteiger partial charge in [-0.15, -0.1) is 24.0 Å². The fraction of sp³-hybridized carbons (Fsp3) is 0.500. The molecule has 4 rings (SSSR count). The number of hydrogen-bond donors (Lipinski definition) is 2. The zero-order valence-electron chi connectivity index (χ0n) is 17.0. The van der Waals surface area contributed by atoms with Gasteiger partial charge in [-0.25, -0.2) is 0 Å². The first-order chi connectivity index (χ1) is 13.8. The van der Waals surface area contributed by atoms with Crippen molar-refractivity contribution in [3.63, 3.8) is 0 Å². The lowest BCUT2D eigenvalue weighted by Crippen LogP contribution is -2.48. The summed E-state index contributed by atoms with van der Waals surface area (Å²) in [6.07, 6.45) is 4.35. The number of hydrogen-bond acceptors (Lipinski definition) is 4. The highest BCUT2D eigenvalue weighted by atomic mass is 127. The fourth-order valence-corrected chi connectivity index (χ4v) is 4.64. The minimum absolute atomic E-state index is 0. The van der Waals surface area contributed by atoms with Crippen LogP contribution in [0.3, 0.4) is 0 Å². The number of thiophene rings is 1. The van der Waals surface area contributed by atoms with Gasteiger partial charge in [-0.1, -0.05) is 12.1 Å². The Balaban J connectivity index is 0.00000240. The lowest BCUT2D eigenvalue weighted by atomic mass is 10.0. The molecule has 1 aromatic heterocycles. The van der Waals surface area contributed by atoms with E-state index in [1.807, 2.05) is 7.05 Å². The van der Waals surface area contributed by atoms with Gasteiger partial charge in [-0.2, -0.15) is 11.3 Å². The topological polar surface area (TPSA) is 48.9 Å². The maximum atomic E-state index is 5.59. The second kappa shape index (κ2) is 11.2. The quantitative estimate of drug-likeness (QED) is 0.343. The average molecular weight is 526 g/mol. The summed E-state index contributed by atoms with van der Waals surface area (Å²) in [6, 6.07) is 9.29. The van der Waals surface area contributed by atoms with Crippen molar-refractivity contribution in [1.82, 2.24) is 15.5 Å². The molecular weight excluding hydrogens is 495 g/mol. The van der Waals surface area contributed by atoms with Crippen LogP contribution in [-0.2, 0) is 19.4 Å². The van der Waals surface area contributed by atoms with Crippen LogP contribution < -0.4 is 15.4 Å². The van der Waals surface area contributed by atoms with Crippen LogP contribution in [0.15, 0.2) is 40.0 Å². The van der Waals surface area contributed by atoms with Crippen molar-refractivity contribution in [3.05, 3.63) is 51.7 Å². The number of nitrogens with zero attached hydrogens (tertiary/aromatic N) is 2. The molecule has 1 saturated heterocycles. The standard InChI is InChI=1S/C22H30N4OS.HI/c1-23-22(24-9-4-17-2-3-21-19(14-17)7-12-27-21)25-20-5-10-26(11-6-20)15-18-8-13-28-16-18;/h2-3,8,13-14,16,20H,4-7,9-12,15H2,1H3,(H2,23,24,25);1H. The Morgan fingerprint density at radius 2 is 2.10 bits per heavy atom. The summed E-state index contributed by atoms with van der Waals surface area (Å²) in [5, 5.41) is 11.5. The SMILES string of the molecule is CN=C(NCCc1ccc2c(c1)CCO2)NC1CCN(Cc2ccsc2)CC1.I. The van der Waals surface area contributed by atoms with Gasteiger partial charge in [-0.3, -0.25) is 9.89 Å². The predicted molar refractivity (Wildman–Crippen MR) is 132 cm³/mol. The number of likely N-dealkylation sites (tertiary alicyclic amines) is 1. The molecule has 0 unspecified atom stereocenters. The summed E-state index contributed by atoms with van der Waals surface area (Å²) in [5.41, 5.74) is 4.13. The Bertz CT molecular complexity index is 788. The summed E-state index contributed by atoms with van der Waals surface area (Å²) in [5.74, 6) is 1.97. The van der Waals surface area contributed by atoms with E-state index in [0.29, 0.717) is 6.04 Å². The molecule has 3 heterocycles. The van der Waals surface area contributed by atoms with Crippen molar-refractivity contribution in [2.24, 2.45) is 4.99 Å². The van der Waals surface area contributed by atoms with E-state index in [4.69, 9.17) is 4.74 Å². The Morgan fingerprint density at radius 3 is 2.86 bits per heavy atom. The van der Waals surface area contributed by atoms with Crippen LogP contribution >= 0.6 is 35.3 Å². The van der Waals surface area contributed by atoms with Gasteiger partial charge in [0.25, 0.3) is 0 Å². The number of ether oxygens (including phenoxy) is 1. The number of fused-ring (bicyclic) bond motifs is 1. The molecule has 0 radical (unpaired) electrons. The number of benzene rings is 1. The molecule has 2 aliphatic rings. The average Bonchev–Trinajstić information content (AvgIpc) is 3.40. The molecule has 1 aromatic carbocycles. The highest BCUT2D eigenvalue weighted by Gasteiger charge is 2.20. The van der Waals surface area contributed by atoms with E-state index in [-0.39, 0.29) is 24.0 Å². The van der Waals surface area contributed by atoms with Crippen LogP contribution in [0.25, 0.3) is 0 Å². The number of nitrogens with one attached hydrogen (secondary N) is 2. The Kier molecular flexibility index (Phi) is 8.62. The van der Waals surface area contributed by atoms with Crippen molar-refractivity contribution in [2.75, 3.05) is 33.3 Å². The third-order valence-corrected chi connectivity index (χ3v) is 6.33. The molecule has 0 atom stereocenters. The number of rotatable bonds is 6. The number of aliphatic imine (C=N–C) groups is 1. The number of piperidine rings is 1. The van der Waals surface area contributed by atoms with E-state index < -0.39 is 0 Å². The number of guanidine groups is 1.